The Morgan fingerprint density at radius 3 is 2.67 bits per heavy atom. The van der Waals surface area contributed by atoms with Gasteiger partial charge in [-0.05, 0) is 34.1 Å². The van der Waals surface area contributed by atoms with E-state index in [0.717, 1.165) is 6.42 Å². The summed E-state index contributed by atoms with van der Waals surface area (Å²) in [6.07, 6.45) is 1.88. The van der Waals surface area contributed by atoms with Gasteiger partial charge in [0, 0.05) is 19.4 Å². The van der Waals surface area contributed by atoms with Gasteiger partial charge in [0.15, 0.2) is 0 Å². The average molecular weight is 258 g/mol. The summed E-state index contributed by atoms with van der Waals surface area (Å²) in [5.74, 6) is -0.851. The fourth-order valence-electron chi connectivity index (χ4n) is 2.22. The van der Waals surface area contributed by atoms with Crippen molar-refractivity contribution in [2.24, 2.45) is 5.92 Å². The Morgan fingerprint density at radius 1 is 1.56 bits per heavy atom. The largest absolute Gasteiger partial charge is 0.460 e. The van der Waals surface area contributed by atoms with Crippen molar-refractivity contribution in [3.8, 4) is 0 Å². The summed E-state index contributed by atoms with van der Waals surface area (Å²) in [6, 6.07) is 0. The van der Waals surface area contributed by atoms with Gasteiger partial charge in [0.2, 0.25) is 0 Å². The molecule has 1 heterocycles. The molecule has 3 atom stereocenters. The highest BCUT2D eigenvalue weighted by atomic mass is 16.6. The molecule has 0 aromatic heterocycles. The molecular weight excluding hydrogens is 232 g/mol. The quantitative estimate of drug-likeness (QED) is 0.789. The van der Waals surface area contributed by atoms with Crippen LogP contribution in [0.1, 0.15) is 53.9 Å². The van der Waals surface area contributed by atoms with Gasteiger partial charge in [-0.1, -0.05) is 6.92 Å². The minimum Gasteiger partial charge on any atom is -0.460 e. The summed E-state index contributed by atoms with van der Waals surface area (Å²) < 4.78 is 10.9. The highest BCUT2D eigenvalue weighted by Gasteiger charge is 2.43. The highest BCUT2D eigenvalue weighted by Crippen LogP contribution is 2.34. The molecule has 4 heteroatoms. The second kappa shape index (κ2) is 5.57. The standard InChI is InChI=1S/C14H26O4/c1-6-11-9-14(16,7-8-17-11)10(2)12(15)18-13(3,4)5/h10-11,16H,6-9H2,1-5H3. The van der Waals surface area contributed by atoms with Crippen LogP contribution in [-0.4, -0.2) is 35.0 Å². The van der Waals surface area contributed by atoms with E-state index in [-0.39, 0.29) is 12.1 Å². The molecule has 0 radical (unpaired) electrons. The molecule has 0 amide bonds. The van der Waals surface area contributed by atoms with E-state index in [1.807, 2.05) is 27.7 Å². The average Bonchev–Trinajstić information content (AvgIpc) is 2.25. The van der Waals surface area contributed by atoms with Crippen LogP contribution in [0.25, 0.3) is 0 Å². The molecule has 0 aromatic carbocycles. The molecule has 1 aliphatic heterocycles. The Hall–Kier alpha value is -0.610. The predicted octanol–water partition coefficient (Wildman–Crippen LogP) is 2.28. The van der Waals surface area contributed by atoms with E-state index in [1.165, 1.54) is 0 Å². The van der Waals surface area contributed by atoms with E-state index in [0.29, 0.717) is 19.4 Å². The Kier molecular flexibility index (Phi) is 4.78. The first kappa shape index (κ1) is 15.4. The van der Waals surface area contributed by atoms with Gasteiger partial charge in [0.05, 0.1) is 17.6 Å². The van der Waals surface area contributed by atoms with Crippen LogP contribution in [0.5, 0.6) is 0 Å². The second-order valence-corrected chi connectivity index (χ2v) is 6.21. The maximum absolute atomic E-state index is 12.0. The van der Waals surface area contributed by atoms with Crippen molar-refractivity contribution in [3.63, 3.8) is 0 Å². The third-order valence-corrected chi connectivity index (χ3v) is 3.49. The van der Waals surface area contributed by atoms with Crippen LogP contribution in [0.4, 0.5) is 0 Å². The SMILES string of the molecule is CCC1CC(O)(C(C)C(=O)OC(C)(C)C)CCO1. The summed E-state index contributed by atoms with van der Waals surface area (Å²) in [6.45, 7) is 9.77. The normalized spacial score (nSPS) is 30.9. The van der Waals surface area contributed by atoms with E-state index < -0.39 is 17.1 Å². The van der Waals surface area contributed by atoms with E-state index >= 15 is 0 Å². The van der Waals surface area contributed by atoms with Crippen molar-refractivity contribution < 1.29 is 19.4 Å². The van der Waals surface area contributed by atoms with Gasteiger partial charge in [0.1, 0.15) is 5.60 Å². The van der Waals surface area contributed by atoms with Crippen molar-refractivity contribution in [3.05, 3.63) is 0 Å². The van der Waals surface area contributed by atoms with E-state index in [9.17, 15) is 9.90 Å². The smallest absolute Gasteiger partial charge is 0.312 e. The highest BCUT2D eigenvalue weighted by molar-refractivity contribution is 5.74. The first-order valence-corrected chi connectivity index (χ1v) is 6.75. The van der Waals surface area contributed by atoms with Crippen LogP contribution in [0.3, 0.4) is 0 Å². The molecule has 1 fully saturated rings. The maximum atomic E-state index is 12.0. The lowest BCUT2D eigenvalue weighted by Crippen LogP contribution is -2.49. The Balaban J connectivity index is 2.69. The number of esters is 1. The Bertz CT molecular complexity index is 295. The minimum atomic E-state index is -0.999. The van der Waals surface area contributed by atoms with Gasteiger partial charge >= 0.3 is 5.97 Å². The van der Waals surface area contributed by atoms with Crippen molar-refractivity contribution in [1.82, 2.24) is 0 Å². The zero-order valence-electron chi connectivity index (χ0n) is 12.2. The van der Waals surface area contributed by atoms with Gasteiger partial charge in [-0.25, -0.2) is 0 Å². The summed E-state index contributed by atoms with van der Waals surface area (Å²) in [7, 11) is 0. The molecule has 1 N–H and O–H groups in total. The lowest BCUT2D eigenvalue weighted by molar-refractivity contribution is -0.180. The molecule has 106 valence electrons. The second-order valence-electron chi connectivity index (χ2n) is 6.21. The predicted molar refractivity (Wildman–Crippen MR) is 69.2 cm³/mol. The van der Waals surface area contributed by atoms with Gasteiger partial charge < -0.3 is 14.6 Å². The zero-order valence-corrected chi connectivity index (χ0v) is 12.2. The lowest BCUT2D eigenvalue weighted by Gasteiger charge is -2.40. The molecule has 3 unspecified atom stereocenters. The minimum absolute atomic E-state index is 0.0358. The number of hydrogen-bond donors (Lipinski definition) is 1. The van der Waals surface area contributed by atoms with Gasteiger partial charge in [-0.15, -0.1) is 0 Å². The fraction of sp³-hybridized carbons (Fsp3) is 0.929. The summed E-state index contributed by atoms with van der Waals surface area (Å²) >= 11 is 0. The van der Waals surface area contributed by atoms with Crippen molar-refractivity contribution >= 4 is 5.97 Å². The molecule has 1 rings (SSSR count). The van der Waals surface area contributed by atoms with Crippen LogP contribution in [-0.2, 0) is 14.3 Å². The number of rotatable bonds is 3. The van der Waals surface area contributed by atoms with Crippen LogP contribution < -0.4 is 0 Å². The number of aliphatic hydroxyl groups is 1. The summed E-state index contributed by atoms with van der Waals surface area (Å²) in [4.78, 5) is 12.0. The lowest BCUT2D eigenvalue weighted by atomic mass is 9.79. The number of hydrogen-bond acceptors (Lipinski definition) is 4. The number of ether oxygens (including phenoxy) is 2. The van der Waals surface area contributed by atoms with Crippen LogP contribution in [0, 0.1) is 5.92 Å². The molecule has 0 aromatic rings. The van der Waals surface area contributed by atoms with Gasteiger partial charge in [-0.3, -0.25) is 4.79 Å². The fourth-order valence-corrected chi connectivity index (χ4v) is 2.22. The molecule has 0 saturated carbocycles. The van der Waals surface area contributed by atoms with E-state index in [1.54, 1.807) is 6.92 Å². The molecule has 18 heavy (non-hydrogen) atoms. The van der Waals surface area contributed by atoms with Crippen molar-refractivity contribution in [2.45, 2.75) is 71.2 Å². The van der Waals surface area contributed by atoms with Gasteiger partial charge in [-0.2, -0.15) is 0 Å². The number of carbonyl (C=O) groups excluding carboxylic acids is 1. The molecule has 0 aliphatic carbocycles. The van der Waals surface area contributed by atoms with Crippen LogP contribution in [0.15, 0.2) is 0 Å². The zero-order chi connectivity index (χ0) is 14.0. The summed E-state index contributed by atoms with van der Waals surface area (Å²) in [5.41, 5.74) is -1.52. The first-order valence-electron chi connectivity index (χ1n) is 6.75. The third-order valence-electron chi connectivity index (χ3n) is 3.49. The van der Waals surface area contributed by atoms with E-state index in [2.05, 4.69) is 0 Å². The Morgan fingerprint density at radius 2 is 2.17 bits per heavy atom. The van der Waals surface area contributed by atoms with Crippen LogP contribution in [0.2, 0.25) is 0 Å². The first-order chi connectivity index (χ1) is 8.18. The molecule has 1 saturated heterocycles. The molecule has 4 nitrogen and oxygen atoms in total. The monoisotopic (exact) mass is 258 g/mol. The van der Waals surface area contributed by atoms with Crippen molar-refractivity contribution in [1.29, 1.82) is 0 Å². The molecule has 0 bridgehead atoms. The molecular formula is C14H26O4. The van der Waals surface area contributed by atoms with Crippen molar-refractivity contribution in [2.75, 3.05) is 6.61 Å². The summed E-state index contributed by atoms with van der Waals surface area (Å²) in [5, 5.41) is 10.6. The topological polar surface area (TPSA) is 55.8 Å². The van der Waals surface area contributed by atoms with Crippen LogP contribution >= 0.6 is 0 Å². The Labute approximate surface area is 110 Å². The van der Waals surface area contributed by atoms with E-state index in [4.69, 9.17) is 9.47 Å². The molecule has 1 aliphatic rings. The maximum Gasteiger partial charge on any atom is 0.312 e. The van der Waals surface area contributed by atoms with Gasteiger partial charge in [0.25, 0.3) is 0 Å². The molecule has 0 spiro atoms. The number of carbonyl (C=O) groups is 1. The third kappa shape index (κ3) is 3.95.